The van der Waals surface area contributed by atoms with Gasteiger partial charge in [0.15, 0.2) is 0 Å². The molecule has 2 heterocycles. The predicted octanol–water partition coefficient (Wildman–Crippen LogP) is 5.79. The summed E-state index contributed by atoms with van der Waals surface area (Å²) in [6.07, 6.45) is 4.78. The van der Waals surface area contributed by atoms with Crippen LogP contribution in [-0.2, 0) is 40.3 Å². The monoisotopic (exact) mass is 722 g/mol. The molecule has 0 unspecified atom stereocenters. The van der Waals surface area contributed by atoms with E-state index in [4.69, 9.17) is 5.26 Å². The van der Waals surface area contributed by atoms with E-state index in [-0.39, 0.29) is 24.3 Å². The topological polar surface area (TPSA) is 91.2 Å². The lowest BCUT2D eigenvalue weighted by Gasteiger charge is -2.39. The molecule has 1 atom stereocenters. The first-order chi connectivity index (χ1) is 26.3. The third-order valence-corrected chi connectivity index (χ3v) is 10.6. The third-order valence-electron chi connectivity index (χ3n) is 10.6. The summed E-state index contributed by atoms with van der Waals surface area (Å²) < 4.78 is 0. The van der Waals surface area contributed by atoms with Crippen molar-refractivity contribution in [3.63, 3.8) is 0 Å². The number of carbonyl (C=O) groups is 3. The molecular formula is C45H50N6O3. The first-order valence-corrected chi connectivity index (χ1v) is 19.0. The lowest BCUT2D eigenvalue weighted by molar-refractivity contribution is -0.145. The predicted molar refractivity (Wildman–Crippen MR) is 213 cm³/mol. The largest absolute Gasteiger partial charge is 0.368 e. The van der Waals surface area contributed by atoms with Gasteiger partial charge in [-0.2, -0.15) is 5.26 Å². The van der Waals surface area contributed by atoms with E-state index in [1.165, 1.54) is 5.56 Å². The van der Waals surface area contributed by atoms with E-state index in [1.54, 1.807) is 17.9 Å². The zero-order valence-electron chi connectivity index (χ0n) is 31.4. The lowest BCUT2D eigenvalue weighted by Crippen LogP contribution is -2.56. The van der Waals surface area contributed by atoms with Crippen LogP contribution in [0.2, 0.25) is 0 Å². The summed E-state index contributed by atoms with van der Waals surface area (Å²) in [6, 6.07) is 35.5. The van der Waals surface area contributed by atoms with Crippen LogP contribution in [0.15, 0.2) is 109 Å². The minimum atomic E-state index is -0.712. The van der Waals surface area contributed by atoms with Gasteiger partial charge in [0.2, 0.25) is 17.7 Å². The highest BCUT2D eigenvalue weighted by Gasteiger charge is 2.34. The second kappa shape index (κ2) is 18.4. The van der Waals surface area contributed by atoms with Gasteiger partial charge in [0, 0.05) is 90.6 Å². The number of nitriles is 1. The van der Waals surface area contributed by atoms with Crippen LogP contribution in [0.3, 0.4) is 0 Å². The number of aryl methyl sites for hydroxylation is 1. The summed E-state index contributed by atoms with van der Waals surface area (Å²) >= 11 is 0. The molecule has 2 saturated heterocycles. The number of benzene rings is 4. The smallest absolute Gasteiger partial charge is 0.247 e. The highest BCUT2D eigenvalue weighted by Crippen LogP contribution is 2.22. The number of rotatable bonds is 12. The Morgan fingerprint density at radius 3 is 1.94 bits per heavy atom. The molecule has 6 rings (SSSR count). The maximum atomic E-state index is 14.7. The molecule has 0 N–H and O–H groups in total. The van der Waals surface area contributed by atoms with Gasteiger partial charge in [-0.25, -0.2) is 0 Å². The number of piperazine rings is 2. The average Bonchev–Trinajstić information content (AvgIpc) is 3.22. The number of carbonyl (C=O) groups excluding carboxylic acids is 3. The van der Waals surface area contributed by atoms with E-state index in [9.17, 15) is 14.4 Å². The molecule has 0 bridgehead atoms. The highest BCUT2D eigenvalue weighted by molar-refractivity contribution is 5.96. The maximum Gasteiger partial charge on any atom is 0.247 e. The van der Waals surface area contributed by atoms with Crippen molar-refractivity contribution in [2.75, 3.05) is 57.3 Å². The molecule has 2 fully saturated rings. The molecule has 54 heavy (non-hydrogen) atoms. The van der Waals surface area contributed by atoms with E-state index in [2.05, 4.69) is 47.1 Å². The van der Waals surface area contributed by atoms with E-state index in [0.717, 1.165) is 54.0 Å². The minimum Gasteiger partial charge on any atom is -0.368 e. The Kier molecular flexibility index (Phi) is 12.9. The molecule has 9 nitrogen and oxygen atoms in total. The van der Waals surface area contributed by atoms with Gasteiger partial charge < -0.3 is 19.6 Å². The van der Waals surface area contributed by atoms with Crippen molar-refractivity contribution < 1.29 is 14.4 Å². The van der Waals surface area contributed by atoms with Crippen molar-refractivity contribution in [1.29, 1.82) is 5.26 Å². The first kappa shape index (κ1) is 38.0. The van der Waals surface area contributed by atoms with Crippen molar-refractivity contribution in [2.24, 2.45) is 0 Å². The van der Waals surface area contributed by atoms with Gasteiger partial charge in [0.1, 0.15) is 6.04 Å². The van der Waals surface area contributed by atoms with Gasteiger partial charge in [0.25, 0.3) is 0 Å². The summed E-state index contributed by atoms with van der Waals surface area (Å²) in [5.41, 5.74) is 6.94. The van der Waals surface area contributed by atoms with Crippen molar-refractivity contribution >= 4 is 29.5 Å². The zero-order valence-corrected chi connectivity index (χ0v) is 31.4. The van der Waals surface area contributed by atoms with Crippen molar-refractivity contribution in [3.05, 3.63) is 143 Å². The summed E-state index contributed by atoms with van der Waals surface area (Å²) in [7, 11) is 0. The molecule has 4 aromatic rings. The van der Waals surface area contributed by atoms with Crippen molar-refractivity contribution in [1.82, 2.24) is 19.6 Å². The van der Waals surface area contributed by atoms with Gasteiger partial charge >= 0.3 is 0 Å². The molecule has 278 valence electrons. The molecule has 2 aliphatic rings. The second-order valence-electron chi connectivity index (χ2n) is 14.2. The van der Waals surface area contributed by atoms with Gasteiger partial charge in [-0.05, 0) is 64.6 Å². The standard InChI is InChI=1S/C45H50N6O3/c1-3-36-9-11-37(12-10-36)19-22-44(53)51(34-41-17-20-42(21-18-41)49-29-27-48(28-30-49)35(2)52)43(31-38-7-5-4-6-8-38)45(54)50-25-23-47(24-26-50)33-40-15-13-39(32-46)14-16-40/h4-22,43H,3,23-31,33-34H2,1-2H3/b22-19+/t43-/m0/s1. The highest BCUT2D eigenvalue weighted by atomic mass is 16.2. The molecular weight excluding hydrogens is 673 g/mol. The van der Waals surface area contributed by atoms with Crippen LogP contribution >= 0.6 is 0 Å². The Balaban J connectivity index is 1.23. The molecule has 3 amide bonds. The Morgan fingerprint density at radius 2 is 1.33 bits per heavy atom. The summed E-state index contributed by atoms with van der Waals surface area (Å²) in [4.78, 5) is 51.0. The number of anilines is 1. The summed E-state index contributed by atoms with van der Waals surface area (Å²) in [6.45, 7) is 10.2. The quantitative estimate of drug-likeness (QED) is 0.172. The second-order valence-corrected chi connectivity index (χ2v) is 14.2. The molecule has 2 aliphatic heterocycles. The first-order valence-electron chi connectivity index (χ1n) is 19.0. The third kappa shape index (κ3) is 10.0. The number of hydrogen-bond donors (Lipinski definition) is 0. The number of amides is 3. The van der Waals surface area contributed by atoms with Crippen LogP contribution in [0.4, 0.5) is 5.69 Å². The Morgan fingerprint density at radius 1 is 0.722 bits per heavy atom. The number of nitrogens with zero attached hydrogens (tertiary/aromatic N) is 6. The Labute approximate surface area is 319 Å². The van der Waals surface area contributed by atoms with E-state index < -0.39 is 6.04 Å². The summed E-state index contributed by atoms with van der Waals surface area (Å²) in [5, 5.41) is 9.17. The fourth-order valence-electron chi connectivity index (χ4n) is 7.21. The Hall–Kier alpha value is -5.72. The van der Waals surface area contributed by atoms with Gasteiger partial charge in [-0.1, -0.05) is 85.8 Å². The minimum absolute atomic E-state index is 0.0501. The zero-order chi connectivity index (χ0) is 37.9. The molecule has 0 aliphatic carbocycles. The van der Waals surface area contributed by atoms with Crippen LogP contribution in [0, 0.1) is 11.3 Å². The molecule has 0 spiro atoms. The van der Waals surface area contributed by atoms with Crippen LogP contribution in [0.1, 0.15) is 47.2 Å². The fraction of sp³-hybridized carbons (Fsp3) is 0.333. The fourth-order valence-corrected chi connectivity index (χ4v) is 7.21. The van der Waals surface area contributed by atoms with Gasteiger partial charge in [-0.3, -0.25) is 19.3 Å². The van der Waals surface area contributed by atoms with Crippen LogP contribution in [0.5, 0.6) is 0 Å². The van der Waals surface area contributed by atoms with E-state index in [0.29, 0.717) is 51.3 Å². The number of hydrogen-bond acceptors (Lipinski definition) is 6. The van der Waals surface area contributed by atoms with Crippen molar-refractivity contribution in [3.8, 4) is 6.07 Å². The van der Waals surface area contributed by atoms with Crippen LogP contribution in [0.25, 0.3) is 6.08 Å². The average molecular weight is 723 g/mol. The van der Waals surface area contributed by atoms with Gasteiger partial charge in [0.05, 0.1) is 11.6 Å². The van der Waals surface area contributed by atoms with E-state index in [1.807, 2.05) is 94.7 Å². The van der Waals surface area contributed by atoms with Gasteiger partial charge in [-0.15, -0.1) is 0 Å². The molecule has 0 aromatic heterocycles. The molecule has 4 aromatic carbocycles. The van der Waals surface area contributed by atoms with Crippen molar-refractivity contribution in [2.45, 2.75) is 45.8 Å². The maximum absolute atomic E-state index is 14.7. The summed E-state index contributed by atoms with van der Waals surface area (Å²) in [5.74, 6) is -0.162. The van der Waals surface area contributed by atoms with E-state index >= 15 is 0 Å². The molecule has 0 radical (unpaired) electrons. The normalized spacial score (nSPS) is 15.5. The lowest BCUT2D eigenvalue weighted by atomic mass is 10.0. The van der Waals surface area contributed by atoms with Crippen LogP contribution in [-0.4, -0.2) is 95.7 Å². The molecule has 0 saturated carbocycles. The molecule has 9 heteroatoms. The van der Waals surface area contributed by atoms with Crippen LogP contribution < -0.4 is 4.90 Å². The SMILES string of the molecule is CCc1ccc(/C=C/C(=O)N(Cc2ccc(N3CCN(C(C)=O)CC3)cc2)[C@@H](Cc2ccccc2)C(=O)N2CCN(Cc3ccc(C#N)cc3)CC2)cc1. The Bertz CT molecular complexity index is 1920.